The number of fused-ring (bicyclic) bond motifs is 1. The number of aryl methyl sites for hydroxylation is 2. The van der Waals surface area contributed by atoms with E-state index >= 15 is 0 Å². The van der Waals surface area contributed by atoms with E-state index in [1.165, 1.54) is 11.3 Å². The molecule has 0 aliphatic carbocycles. The van der Waals surface area contributed by atoms with Crippen LogP contribution in [0, 0.1) is 13.8 Å². The van der Waals surface area contributed by atoms with Crippen LogP contribution in [-0.4, -0.2) is 33.8 Å². The predicted octanol–water partition coefficient (Wildman–Crippen LogP) is 6.16. The Morgan fingerprint density at radius 3 is 2.72 bits per heavy atom. The molecule has 6 nitrogen and oxygen atoms in total. The van der Waals surface area contributed by atoms with Gasteiger partial charge in [-0.1, -0.05) is 40.6 Å². The van der Waals surface area contributed by atoms with Crippen molar-refractivity contribution in [1.29, 1.82) is 0 Å². The molecule has 0 aliphatic rings. The van der Waals surface area contributed by atoms with E-state index < -0.39 is 0 Å². The largest absolute Gasteiger partial charge is 0.492 e. The van der Waals surface area contributed by atoms with Gasteiger partial charge in [-0.2, -0.15) is 5.10 Å². The number of hydrogen-bond donors (Lipinski definition) is 0. The molecule has 4 aromatic rings. The normalized spacial score (nSPS) is 11.2. The number of aromatic nitrogens is 3. The minimum atomic E-state index is -0.268. The highest BCUT2D eigenvalue weighted by atomic mass is 35.5. The Morgan fingerprint density at radius 1 is 1.19 bits per heavy atom. The van der Waals surface area contributed by atoms with Crippen molar-refractivity contribution in [2.75, 3.05) is 18.1 Å². The maximum atomic E-state index is 13.6. The van der Waals surface area contributed by atoms with Gasteiger partial charge in [0.25, 0.3) is 5.91 Å². The molecule has 9 heteroatoms. The summed E-state index contributed by atoms with van der Waals surface area (Å²) in [5, 5.41) is 5.86. The SMILES string of the molecule is CCOc1cccc2sc(N(CCn3nc(C)cc3C)C(=O)c3cc(Cl)ccc3Cl)nc12. The standard InChI is InChI=1S/C23H22Cl2N4O2S/c1-4-31-19-6-5-7-20-21(19)26-23(32-20)28(10-11-29-15(3)12-14(2)27-29)22(30)17-13-16(24)8-9-18(17)25/h5-9,12-13H,4,10-11H2,1-3H3. The summed E-state index contributed by atoms with van der Waals surface area (Å²) in [6.07, 6.45) is 0. The second-order valence-corrected chi connectivity index (χ2v) is 9.12. The van der Waals surface area contributed by atoms with Gasteiger partial charge in [0.05, 0.1) is 34.1 Å². The minimum Gasteiger partial charge on any atom is -0.492 e. The summed E-state index contributed by atoms with van der Waals surface area (Å²) < 4.78 is 8.55. The highest BCUT2D eigenvalue weighted by molar-refractivity contribution is 7.22. The number of rotatable bonds is 7. The van der Waals surface area contributed by atoms with Crippen molar-refractivity contribution in [3.05, 3.63) is 69.5 Å². The number of thiazole rings is 1. The smallest absolute Gasteiger partial charge is 0.261 e. The van der Waals surface area contributed by atoms with Crippen LogP contribution in [-0.2, 0) is 6.54 Å². The number of carbonyl (C=O) groups excluding carboxylic acids is 1. The highest BCUT2D eigenvalue weighted by Gasteiger charge is 2.24. The maximum Gasteiger partial charge on any atom is 0.261 e. The van der Waals surface area contributed by atoms with Crippen molar-refractivity contribution in [1.82, 2.24) is 14.8 Å². The number of para-hydroxylation sites is 1. The summed E-state index contributed by atoms with van der Waals surface area (Å²) in [6.45, 7) is 7.28. The lowest BCUT2D eigenvalue weighted by Gasteiger charge is -2.21. The lowest BCUT2D eigenvalue weighted by molar-refractivity contribution is 0.0986. The topological polar surface area (TPSA) is 60.2 Å². The third-order valence-electron chi connectivity index (χ3n) is 4.94. The molecule has 32 heavy (non-hydrogen) atoms. The first-order valence-electron chi connectivity index (χ1n) is 10.2. The summed E-state index contributed by atoms with van der Waals surface area (Å²) in [5.74, 6) is 0.426. The van der Waals surface area contributed by atoms with Crippen molar-refractivity contribution in [2.24, 2.45) is 0 Å². The van der Waals surface area contributed by atoms with Gasteiger partial charge in [0.2, 0.25) is 0 Å². The Morgan fingerprint density at radius 2 is 2.00 bits per heavy atom. The minimum absolute atomic E-state index is 0.268. The summed E-state index contributed by atoms with van der Waals surface area (Å²) >= 11 is 13.9. The third-order valence-corrected chi connectivity index (χ3v) is 6.55. The first kappa shape index (κ1) is 22.6. The van der Waals surface area contributed by atoms with Crippen LogP contribution in [0.3, 0.4) is 0 Å². The van der Waals surface area contributed by atoms with E-state index in [1.807, 2.05) is 49.7 Å². The zero-order valence-electron chi connectivity index (χ0n) is 17.9. The van der Waals surface area contributed by atoms with Crippen LogP contribution >= 0.6 is 34.5 Å². The van der Waals surface area contributed by atoms with Crippen LogP contribution in [0.1, 0.15) is 28.7 Å². The summed E-state index contributed by atoms with van der Waals surface area (Å²) in [7, 11) is 0. The van der Waals surface area contributed by atoms with E-state index in [4.69, 9.17) is 32.9 Å². The molecule has 2 aromatic heterocycles. The molecule has 0 saturated carbocycles. The van der Waals surface area contributed by atoms with E-state index in [2.05, 4.69) is 5.10 Å². The van der Waals surface area contributed by atoms with E-state index in [0.29, 0.717) is 46.2 Å². The van der Waals surface area contributed by atoms with Crippen LogP contribution in [0.15, 0.2) is 42.5 Å². The van der Waals surface area contributed by atoms with Gasteiger partial charge in [-0.25, -0.2) is 4.98 Å². The Balaban J connectivity index is 1.75. The zero-order valence-corrected chi connectivity index (χ0v) is 20.3. The quantitative estimate of drug-likeness (QED) is 0.312. The molecule has 1 amide bonds. The first-order chi connectivity index (χ1) is 15.4. The van der Waals surface area contributed by atoms with Gasteiger partial charge >= 0.3 is 0 Å². The summed E-state index contributed by atoms with van der Waals surface area (Å²) in [5.41, 5.74) is 3.02. The van der Waals surface area contributed by atoms with Gasteiger partial charge in [-0.3, -0.25) is 14.4 Å². The first-order valence-corrected chi connectivity index (χ1v) is 11.7. The molecule has 0 spiro atoms. The van der Waals surface area contributed by atoms with Crippen molar-refractivity contribution in [2.45, 2.75) is 27.3 Å². The Hall–Kier alpha value is -2.61. The van der Waals surface area contributed by atoms with Crippen LogP contribution in [0.25, 0.3) is 10.2 Å². The van der Waals surface area contributed by atoms with Gasteiger partial charge in [-0.05, 0) is 57.2 Å². The van der Waals surface area contributed by atoms with Gasteiger partial charge in [0.15, 0.2) is 5.13 Å². The summed E-state index contributed by atoms with van der Waals surface area (Å²) in [4.78, 5) is 20.0. The number of benzene rings is 2. The van der Waals surface area contributed by atoms with Gasteiger partial charge in [-0.15, -0.1) is 0 Å². The van der Waals surface area contributed by atoms with Crippen molar-refractivity contribution >= 4 is 55.8 Å². The molecule has 0 unspecified atom stereocenters. The molecular formula is C23H22Cl2N4O2S. The molecular weight excluding hydrogens is 467 g/mol. The predicted molar refractivity (Wildman–Crippen MR) is 131 cm³/mol. The number of anilines is 1. The number of halogens is 2. The van der Waals surface area contributed by atoms with Crippen molar-refractivity contribution in [3.8, 4) is 5.75 Å². The molecule has 0 atom stereocenters. The maximum absolute atomic E-state index is 13.6. The third kappa shape index (κ3) is 4.60. The van der Waals surface area contributed by atoms with Crippen LogP contribution in [0.5, 0.6) is 5.75 Å². The monoisotopic (exact) mass is 488 g/mol. The van der Waals surface area contributed by atoms with Crippen LogP contribution in [0.4, 0.5) is 5.13 Å². The highest BCUT2D eigenvalue weighted by Crippen LogP contribution is 2.35. The molecule has 166 valence electrons. The average Bonchev–Trinajstić information content (AvgIpc) is 3.33. The number of carbonyl (C=O) groups is 1. The number of amides is 1. The lowest BCUT2D eigenvalue weighted by atomic mass is 10.2. The van der Waals surface area contributed by atoms with E-state index in [9.17, 15) is 4.79 Å². The Kier molecular flexibility index (Phi) is 6.69. The molecule has 0 aliphatic heterocycles. The van der Waals surface area contributed by atoms with Crippen LogP contribution in [0.2, 0.25) is 10.0 Å². The number of hydrogen-bond acceptors (Lipinski definition) is 5. The Bertz CT molecular complexity index is 1280. The van der Waals surface area contributed by atoms with E-state index in [1.54, 1.807) is 23.1 Å². The van der Waals surface area contributed by atoms with E-state index in [0.717, 1.165) is 21.6 Å². The molecule has 0 radical (unpaired) electrons. The fourth-order valence-corrected chi connectivity index (χ4v) is 4.86. The number of ether oxygens (including phenoxy) is 1. The van der Waals surface area contributed by atoms with Crippen LogP contribution < -0.4 is 9.64 Å². The van der Waals surface area contributed by atoms with Gasteiger partial charge in [0, 0.05) is 17.3 Å². The van der Waals surface area contributed by atoms with E-state index in [-0.39, 0.29) is 5.91 Å². The fourth-order valence-electron chi connectivity index (χ4n) is 3.49. The number of nitrogens with zero attached hydrogens (tertiary/aromatic N) is 4. The second kappa shape index (κ2) is 9.48. The molecule has 0 bridgehead atoms. The van der Waals surface area contributed by atoms with Gasteiger partial charge in [0.1, 0.15) is 11.3 Å². The fraction of sp³-hybridized carbons (Fsp3) is 0.261. The second-order valence-electron chi connectivity index (χ2n) is 7.26. The lowest BCUT2D eigenvalue weighted by Crippen LogP contribution is -2.34. The molecule has 0 N–H and O–H groups in total. The zero-order chi connectivity index (χ0) is 22.8. The molecule has 0 fully saturated rings. The van der Waals surface area contributed by atoms with Crippen molar-refractivity contribution < 1.29 is 9.53 Å². The van der Waals surface area contributed by atoms with Crippen molar-refractivity contribution in [3.63, 3.8) is 0 Å². The molecule has 2 aromatic carbocycles. The molecule has 2 heterocycles. The molecule has 4 rings (SSSR count). The summed E-state index contributed by atoms with van der Waals surface area (Å²) in [6, 6.07) is 12.6. The molecule has 0 saturated heterocycles. The Labute approximate surface area is 200 Å². The van der Waals surface area contributed by atoms with Gasteiger partial charge < -0.3 is 4.74 Å². The average molecular weight is 489 g/mol.